The van der Waals surface area contributed by atoms with Crippen LogP contribution in [0.15, 0.2) is 18.2 Å². The highest BCUT2D eigenvalue weighted by Crippen LogP contribution is 2.27. The molecule has 1 aliphatic rings. The predicted octanol–water partition coefficient (Wildman–Crippen LogP) is 1.59. The standard InChI is InChI=1S/C11H12O3/c1-13-10-5-3-8-2-4-9(12)7-14-11(8)6-10/h3,5-6H,2,4,7H2,1H3. The highest BCUT2D eigenvalue weighted by Gasteiger charge is 2.14. The van der Waals surface area contributed by atoms with Crippen molar-refractivity contribution in [2.45, 2.75) is 12.8 Å². The number of aryl methyl sites for hydroxylation is 1. The topological polar surface area (TPSA) is 35.5 Å². The van der Waals surface area contributed by atoms with Gasteiger partial charge in [-0.05, 0) is 18.1 Å². The number of hydrogen-bond donors (Lipinski definition) is 0. The SMILES string of the molecule is COc1ccc2c(c1)OCC(=O)CC2. The first-order valence-corrected chi connectivity index (χ1v) is 4.61. The van der Waals surface area contributed by atoms with E-state index in [4.69, 9.17) is 9.47 Å². The van der Waals surface area contributed by atoms with E-state index in [0.717, 1.165) is 23.5 Å². The van der Waals surface area contributed by atoms with Crippen LogP contribution < -0.4 is 9.47 Å². The van der Waals surface area contributed by atoms with Crippen LogP contribution in [0.25, 0.3) is 0 Å². The van der Waals surface area contributed by atoms with Crippen LogP contribution in [0.1, 0.15) is 12.0 Å². The van der Waals surface area contributed by atoms with Crippen LogP contribution in [0.4, 0.5) is 0 Å². The maximum Gasteiger partial charge on any atom is 0.170 e. The minimum atomic E-state index is 0.153. The van der Waals surface area contributed by atoms with Gasteiger partial charge in [-0.3, -0.25) is 4.79 Å². The number of methoxy groups -OCH3 is 1. The van der Waals surface area contributed by atoms with Gasteiger partial charge in [-0.1, -0.05) is 6.07 Å². The van der Waals surface area contributed by atoms with Crippen molar-refractivity contribution in [1.82, 2.24) is 0 Å². The second-order valence-corrected chi connectivity index (χ2v) is 3.30. The lowest BCUT2D eigenvalue weighted by Gasteiger charge is -2.07. The Labute approximate surface area is 82.6 Å². The molecule has 0 fully saturated rings. The summed E-state index contributed by atoms with van der Waals surface area (Å²) in [5.41, 5.74) is 1.08. The summed E-state index contributed by atoms with van der Waals surface area (Å²) in [5, 5.41) is 0. The summed E-state index contributed by atoms with van der Waals surface area (Å²) in [6, 6.07) is 5.67. The number of carbonyl (C=O) groups is 1. The van der Waals surface area contributed by atoms with Crippen molar-refractivity contribution in [2.75, 3.05) is 13.7 Å². The Morgan fingerprint density at radius 1 is 1.36 bits per heavy atom. The third-order valence-electron chi connectivity index (χ3n) is 2.34. The molecule has 0 spiro atoms. The second-order valence-electron chi connectivity index (χ2n) is 3.30. The monoisotopic (exact) mass is 192 g/mol. The van der Waals surface area contributed by atoms with E-state index in [9.17, 15) is 4.79 Å². The molecule has 0 saturated carbocycles. The molecule has 0 aromatic heterocycles. The number of fused-ring (bicyclic) bond motifs is 1. The Morgan fingerprint density at radius 3 is 3.00 bits per heavy atom. The fraction of sp³-hybridized carbons (Fsp3) is 0.364. The lowest BCUT2D eigenvalue weighted by molar-refractivity contribution is -0.120. The molecule has 0 bridgehead atoms. The van der Waals surface area contributed by atoms with E-state index in [-0.39, 0.29) is 12.4 Å². The van der Waals surface area contributed by atoms with Crippen LogP contribution in [0.5, 0.6) is 11.5 Å². The van der Waals surface area contributed by atoms with Gasteiger partial charge in [-0.15, -0.1) is 0 Å². The van der Waals surface area contributed by atoms with Gasteiger partial charge in [0, 0.05) is 12.5 Å². The van der Waals surface area contributed by atoms with E-state index >= 15 is 0 Å². The van der Waals surface area contributed by atoms with Crippen molar-refractivity contribution < 1.29 is 14.3 Å². The first-order valence-electron chi connectivity index (χ1n) is 4.61. The Morgan fingerprint density at radius 2 is 2.21 bits per heavy atom. The molecule has 0 amide bonds. The summed E-state index contributed by atoms with van der Waals surface area (Å²) < 4.78 is 10.5. The van der Waals surface area contributed by atoms with Crippen LogP contribution in [0.3, 0.4) is 0 Å². The fourth-order valence-electron chi connectivity index (χ4n) is 1.51. The van der Waals surface area contributed by atoms with Gasteiger partial charge in [0.2, 0.25) is 0 Å². The summed E-state index contributed by atoms with van der Waals surface area (Å²) in [6.07, 6.45) is 1.33. The zero-order valence-electron chi connectivity index (χ0n) is 8.08. The van der Waals surface area contributed by atoms with Crippen molar-refractivity contribution in [3.05, 3.63) is 23.8 Å². The molecule has 0 unspecified atom stereocenters. The molecule has 2 rings (SSSR count). The Bertz CT molecular complexity index is 358. The maximum absolute atomic E-state index is 11.1. The number of benzene rings is 1. The molecule has 1 aromatic rings. The number of hydrogen-bond acceptors (Lipinski definition) is 3. The molecule has 14 heavy (non-hydrogen) atoms. The third-order valence-corrected chi connectivity index (χ3v) is 2.34. The van der Waals surface area contributed by atoms with E-state index in [1.165, 1.54) is 0 Å². The molecule has 0 saturated heterocycles. The van der Waals surface area contributed by atoms with Gasteiger partial charge in [0.25, 0.3) is 0 Å². The molecule has 3 nitrogen and oxygen atoms in total. The largest absolute Gasteiger partial charge is 0.497 e. The summed E-state index contributed by atoms with van der Waals surface area (Å²) in [5.74, 6) is 1.69. The first-order chi connectivity index (χ1) is 6.79. The van der Waals surface area contributed by atoms with Crippen LogP contribution in [-0.2, 0) is 11.2 Å². The van der Waals surface area contributed by atoms with Crippen molar-refractivity contribution in [3.8, 4) is 11.5 Å². The van der Waals surface area contributed by atoms with Gasteiger partial charge < -0.3 is 9.47 Å². The molecule has 74 valence electrons. The smallest absolute Gasteiger partial charge is 0.170 e. The zero-order valence-corrected chi connectivity index (χ0v) is 8.08. The Balaban J connectivity index is 2.31. The molecule has 0 radical (unpaired) electrons. The van der Waals surface area contributed by atoms with E-state index in [1.807, 2.05) is 18.2 Å². The second kappa shape index (κ2) is 3.70. The summed E-state index contributed by atoms with van der Waals surface area (Å²) in [7, 11) is 1.61. The van der Waals surface area contributed by atoms with Gasteiger partial charge in [-0.2, -0.15) is 0 Å². The minimum Gasteiger partial charge on any atom is -0.497 e. The van der Waals surface area contributed by atoms with Crippen LogP contribution in [0.2, 0.25) is 0 Å². The summed E-state index contributed by atoms with van der Waals surface area (Å²) in [6.45, 7) is 0.181. The molecule has 3 heteroatoms. The molecular formula is C11H12O3. The zero-order chi connectivity index (χ0) is 9.97. The van der Waals surface area contributed by atoms with Crippen LogP contribution in [-0.4, -0.2) is 19.5 Å². The number of ether oxygens (including phenoxy) is 2. The highest BCUT2D eigenvalue weighted by molar-refractivity contribution is 5.81. The molecule has 1 heterocycles. The van der Waals surface area contributed by atoms with Gasteiger partial charge in [0.05, 0.1) is 7.11 Å². The van der Waals surface area contributed by atoms with Gasteiger partial charge >= 0.3 is 0 Å². The van der Waals surface area contributed by atoms with E-state index in [0.29, 0.717) is 6.42 Å². The molecular weight excluding hydrogens is 180 g/mol. The molecule has 1 aliphatic heterocycles. The Hall–Kier alpha value is -1.51. The molecule has 0 atom stereocenters. The molecule has 1 aromatic carbocycles. The van der Waals surface area contributed by atoms with E-state index in [1.54, 1.807) is 7.11 Å². The van der Waals surface area contributed by atoms with Crippen molar-refractivity contribution in [2.24, 2.45) is 0 Å². The van der Waals surface area contributed by atoms with E-state index in [2.05, 4.69) is 0 Å². The minimum absolute atomic E-state index is 0.153. The predicted molar refractivity (Wildman–Crippen MR) is 51.8 cm³/mol. The number of carbonyl (C=O) groups excluding carboxylic acids is 1. The summed E-state index contributed by atoms with van der Waals surface area (Å²) in [4.78, 5) is 11.1. The third kappa shape index (κ3) is 1.71. The molecule has 0 aliphatic carbocycles. The fourth-order valence-corrected chi connectivity index (χ4v) is 1.51. The van der Waals surface area contributed by atoms with Crippen molar-refractivity contribution in [1.29, 1.82) is 0 Å². The molecule has 0 N–H and O–H groups in total. The van der Waals surface area contributed by atoms with Gasteiger partial charge in [-0.25, -0.2) is 0 Å². The van der Waals surface area contributed by atoms with Crippen LogP contribution in [0, 0.1) is 0 Å². The quantitative estimate of drug-likeness (QED) is 0.677. The number of Topliss-reactive ketones (excluding diaryl/α,β-unsaturated/α-hetero) is 1. The first kappa shape index (κ1) is 9.06. The van der Waals surface area contributed by atoms with Crippen molar-refractivity contribution >= 4 is 5.78 Å². The van der Waals surface area contributed by atoms with Crippen molar-refractivity contribution in [3.63, 3.8) is 0 Å². The van der Waals surface area contributed by atoms with Gasteiger partial charge in [0.15, 0.2) is 5.78 Å². The number of rotatable bonds is 1. The normalized spacial score (nSPS) is 15.4. The summed E-state index contributed by atoms with van der Waals surface area (Å²) >= 11 is 0. The van der Waals surface area contributed by atoms with E-state index < -0.39 is 0 Å². The highest BCUT2D eigenvalue weighted by atomic mass is 16.5. The average Bonchev–Trinajstić information content (AvgIpc) is 2.40. The lowest BCUT2D eigenvalue weighted by Crippen LogP contribution is -2.07. The maximum atomic E-state index is 11.1. The Kier molecular flexibility index (Phi) is 2.39. The van der Waals surface area contributed by atoms with Crippen LogP contribution >= 0.6 is 0 Å². The number of ketones is 1. The van der Waals surface area contributed by atoms with Gasteiger partial charge in [0.1, 0.15) is 18.1 Å². The average molecular weight is 192 g/mol. The lowest BCUT2D eigenvalue weighted by atomic mass is 10.1.